The molecule has 104 valence electrons. The summed E-state index contributed by atoms with van der Waals surface area (Å²) in [4.78, 5) is 11.3. The van der Waals surface area contributed by atoms with Crippen molar-refractivity contribution in [2.24, 2.45) is 5.73 Å². The summed E-state index contributed by atoms with van der Waals surface area (Å²) in [7, 11) is 1.37. The fraction of sp³-hybridized carbons (Fsp3) is 0.562. The van der Waals surface area contributed by atoms with Crippen molar-refractivity contribution in [2.75, 3.05) is 7.11 Å². The van der Waals surface area contributed by atoms with Gasteiger partial charge in [0.2, 0.25) is 0 Å². The van der Waals surface area contributed by atoms with Crippen LogP contribution in [-0.4, -0.2) is 19.1 Å². The number of ether oxygens (including phenoxy) is 1. The number of esters is 1. The van der Waals surface area contributed by atoms with E-state index in [-0.39, 0.29) is 5.97 Å². The Balaban J connectivity index is 1.96. The van der Waals surface area contributed by atoms with Crippen molar-refractivity contribution in [1.82, 2.24) is 0 Å². The molecule has 0 saturated heterocycles. The molecule has 3 heteroatoms. The molecule has 1 aromatic rings. The third-order valence-electron chi connectivity index (χ3n) is 4.02. The minimum atomic E-state index is -0.564. The second-order valence-corrected chi connectivity index (χ2v) is 5.41. The molecule has 3 nitrogen and oxygen atoms in total. The molecule has 2 N–H and O–H groups in total. The Bertz CT molecular complexity index is 407. The minimum absolute atomic E-state index is 0.351. The van der Waals surface area contributed by atoms with Gasteiger partial charge in [-0.25, -0.2) is 0 Å². The van der Waals surface area contributed by atoms with E-state index in [1.807, 2.05) is 0 Å². The number of hydrogen-bond donors (Lipinski definition) is 1. The number of benzene rings is 1. The average molecular weight is 261 g/mol. The quantitative estimate of drug-likeness (QED) is 0.848. The molecule has 0 unspecified atom stereocenters. The molecule has 0 aromatic heterocycles. The van der Waals surface area contributed by atoms with Gasteiger partial charge in [0.15, 0.2) is 0 Å². The molecular weight excluding hydrogens is 238 g/mol. The molecule has 1 saturated carbocycles. The number of rotatable bonds is 4. The van der Waals surface area contributed by atoms with Crippen molar-refractivity contribution in [3.05, 3.63) is 35.4 Å². The van der Waals surface area contributed by atoms with Gasteiger partial charge in [-0.3, -0.25) is 4.79 Å². The summed E-state index contributed by atoms with van der Waals surface area (Å²) in [5.41, 5.74) is 8.29. The predicted octanol–water partition coefficient (Wildman–Crippen LogP) is 2.78. The lowest BCUT2D eigenvalue weighted by Crippen LogP contribution is -2.33. The van der Waals surface area contributed by atoms with Crippen LogP contribution in [0.1, 0.15) is 49.1 Å². The Morgan fingerprint density at radius 1 is 1.26 bits per heavy atom. The summed E-state index contributed by atoms with van der Waals surface area (Å²) in [6.45, 7) is 0. The highest BCUT2D eigenvalue weighted by molar-refractivity contribution is 5.75. The normalized spacial score (nSPS) is 18.0. The largest absolute Gasteiger partial charge is 0.468 e. The summed E-state index contributed by atoms with van der Waals surface area (Å²) < 4.78 is 4.64. The third kappa shape index (κ3) is 3.80. The van der Waals surface area contributed by atoms with Gasteiger partial charge in [-0.2, -0.15) is 0 Å². The van der Waals surface area contributed by atoms with Crippen molar-refractivity contribution in [2.45, 2.75) is 50.5 Å². The van der Waals surface area contributed by atoms with E-state index in [4.69, 9.17) is 5.73 Å². The summed E-state index contributed by atoms with van der Waals surface area (Å²) in [5.74, 6) is 0.369. The molecule has 0 radical (unpaired) electrons. The summed E-state index contributed by atoms with van der Waals surface area (Å²) >= 11 is 0. The van der Waals surface area contributed by atoms with Gasteiger partial charge in [0, 0.05) is 0 Å². The minimum Gasteiger partial charge on any atom is -0.468 e. The van der Waals surface area contributed by atoms with E-state index >= 15 is 0 Å². The van der Waals surface area contributed by atoms with Crippen molar-refractivity contribution < 1.29 is 9.53 Å². The van der Waals surface area contributed by atoms with Gasteiger partial charge in [0.1, 0.15) is 6.04 Å². The topological polar surface area (TPSA) is 52.3 Å². The summed E-state index contributed by atoms with van der Waals surface area (Å²) in [6.07, 6.45) is 7.22. The molecule has 0 heterocycles. The first-order chi connectivity index (χ1) is 9.20. The van der Waals surface area contributed by atoms with E-state index in [1.165, 1.54) is 44.8 Å². The third-order valence-corrected chi connectivity index (χ3v) is 4.02. The monoisotopic (exact) mass is 261 g/mol. The Hall–Kier alpha value is -1.35. The van der Waals surface area contributed by atoms with Crippen LogP contribution in [0.4, 0.5) is 0 Å². The van der Waals surface area contributed by atoms with Crippen LogP contribution in [0.2, 0.25) is 0 Å². The van der Waals surface area contributed by atoms with Crippen LogP contribution in [0, 0.1) is 0 Å². The van der Waals surface area contributed by atoms with Crippen LogP contribution in [0.25, 0.3) is 0 Å². The second kappa shape index (κ2) is 6.71. The fourth-order valence-electron chi connectivity index (χ4n) is 2.85. The van der Waals surface area contributed by atoms with E-state index in [1.54, 1.807) is 0 Å². The molecule has 1 aliphatic carbocycles. The molecule has 1 aromatic carbocycles. The SMILES string of the molecule is COC(=O)[C@@H](N)Cc1ccc(C2CCCCC2)cc1. The molecule has 1 aliphatic rings. The zero-order chi connectivity index (χ0) is 13.7. The Morgan fingerprint density at radius 2 is 1.89 bits per heavy atom. The number of hydrogen-bond acceptors (Lipinski definition) is 3. The van der Waals surface area contributed by atoms with Gasteiger partial charge in [0.05, 0.1) is 7.11 Å². The van der Waals surface area contributed by atoms with Gasteiger partial charge in [-0.05, 0) is 36.3 Å². The van der Waals surface area contributed by atoms with Crippen molar-refractivity contribution >= 4 is 5.97 Å². The van der Waals surface area contributed by atoms with E-state index < -0.39 is 6.04 Å². The lowest BCUT2D eigenvalue weighted by Gasteiger charge is -2.22. The molecule has 0 bridgehead atoms. The van der Waals surface area contributed by atoms with Gasteiger partial charge >= 0.3 is 5.97 Å². The fourth-order valence-corrected chi connectivity index (χ4v) is 2.85. The predicted molar refractivity (Wildman–Crippen MR) is 76.0 cm³/mol. The van der Waals surface area contributed by atoms with Crippen LogP contribution in [0.5, 0.6) is 0 Å². The zero-order valence-corrected chi connectivity index (χ0v) is 11.6. The second-order valence-electron chi connectivity index (χ2n) is 5.41. The van der Waals surface area contributed by atoms with Gasteiger partial charge in [-0.15, -0.1) is 0 Å². The zero-order valence-electron chi connectivity index (χ0n) is 11.6. The molecule has 0 amide bonds. The maximum atomic E-state index is 11.3. The first kappa shape index (κ1) is 14.1. The Labute approximate surface area is 115 Å². The highest BCUT2D eigenvalue weighted by Crippen LogP contribution is 2.32. The number of carbonyl (C=O) groups is 1. The highest BCUT2D eigenvalue weighted by Gasteiger charge is 2.17. The standard InChI is InChI=1S/C16H23NO2/c1-19-16(18)15(17)11-12-7-9-14(10-8-12)13-5-3-2-4-6-13/h7-10,13,15H,2-6,11,17H2,1H3/t15-/m0/s1. The van der Waals surface area contributed by atoms with E-state index in [9.17, 15) is 4.79 Å². The molecule has 19 heavy (non-hydrogen) atoms. The van der Waals surface area contributed by atoms with E-state index in [0.29, 0.717) is 6.42 Å². The Kier molecular flexibility index (Phi) is 4.97. The highest BCUT2D eigenvalue weighted by atomic mass is 16.5. The molecule has 1 fully saturated rings. The van der Waals surface area contributed by atoms with Crippen molar-refractivity contribution in [3.8, 4) is 0 Å². The van der Waals surface area contributed by atoms with Crippen LogP contribution in [0.3, 0.4) is 0 Å². The lowest BCUT2D eigenvalue weighted by atomic mass is 9.84. The van der Waals surface area contributed by atoms with Gasteiger partial charge in [0.25, 0.3) is 0 Å². The van der Waals surface area contributed by atoms with E-state index in [2.05, 4.69) is 29.0 Å². The molecule has 1 atom stereocenters. The maximum absolute atomic E-state index is 11.3. The Morgan fingerprint density at radius 3 is 2.47 bits per heavy atom. The van der Waals surface area contributed by atoms with Crippen LogP contribution >= 0.6 is 0 Å². The summed E-state index contributed by atoms with van der Waals surface area (Å²) in [6, 6.07) is 8.00. The maximum Gasteiger partial charge on any atom is 0.322 e. The smallest absolute Gasteiger partial charge is 0.322 e. The lowest BCUT2D eigenvalue weighted by molar-refractivity contribution is -0.142. The first-order valence-electron chi connectivity index (χ1n) is 7.13. The van der Waals surface area contributed by atoms with Crippen LogP contribution in [-0.2, 0) is 16.0 Å². The van der Waals surface area contributed by atoms with E-state index in [0.717, 1.165) is 11.5 Å². The van der Waals surface area contributed by atoms with Crippen molar-refractivity contribution in [1.29, 1.82) is 0 Å². The summed E-state index contributed by atoms with van der Waals surface area (Å²) in [5, 5.41) is 0. The van der Waals surface area contributed by atoms with Crippen molar-refractivity contribution in [3.63, 3.8) is 0 Å². The van der Waals surface area contributed by atoms with Crippen LogP contribution < -0.4 is 5.73 Å². The van der Waals surface area contributed by atoms with Gasteiger partial charge < -0.3 is 10.5 Å². The van der Waals surface area contributed by atoms with Gasteiger partial charge in [-0.1, -0.05) is 43.5 Å². The molecule has 0 spiro atoms. The van der Waals surface area contributed by atoms with Crippen LogP contribution in [0.15, 0.2) is 24.3 Å². The average Bonchev–Trinajstić information content (AvgIpc) is 2.48. The number of carbonyl (C=O) groups excluding carboxylic acids is 1. The molecular formula is C16H23NO2. The molecule has 2 rings (SSSR count). The molecule has 0 aliphatic heterocycles. The number of methoxy groups -OCH3 is 1. The number of nitrogens with two attached hydrogens (primary N) is 1. The first-order valence-corrected chi connectivity index (χ1v) is 7.13.